The maximum Gasteiger partial charge on any atom is 0.273 e. The lowest BCUT2D eigenvalue weighted by molar-refractivity contribution is -0.385. The third-order valence-corrected chi connectivity index (χ3v) is 3.75. The average Bonchev–Trinajstić information content (AvgIpc) is 3.02. The van der Waals surface area contributed by atoms with Crippen molar-refractivity contribution in [3.63, 3.8) is 0 Å². The van der Waals surface area contributed by atoms with E-state index in [1.54, 1.807) is 36.1 Å². The molecule has 1 heterocycles. The standard InChI is InChI=1S/C18H16N4O3/c1-13-7-8-15(9-17(13)22(24)25)18(23)20-16-10-19-21(12-16)11-14-5-3-2-4-6-14/h2-10,12H,11H2,1H3,(H,20,23). The molecule has 1 amide bonds. The van der Waals surface area contributed by atoms with E-state index >= 15 is 0 Å². The minimum atomic E-state index is -0.496. The Labute approximate surface area is 144 Å². The lowest BCUT2D eigenvalue weighted by Gasteiger charge is -2.04. The Bertz CT molecular complexity index is 919. The largest absolute Gasteiger partial charge is 0.319 e. The summed E-state index contributed by atoms with van der Waals surface area (Å²) in [4.78, 5) is 22.8. The summed E-state index contributed by atoms with van der Waals surface area (Å²) in [6.07, 6.45) is 3.26. The molecule has 0 spiro atoms. The molecule has 2 aromatic carbocycles. The minimum Gasteiger partial charge on any atom is -0.319 e. The van der Waals surface area contributed by atoms with Crippen molar-refractivity contribution in [3.8, 4) is 0 Å². The van der Waals surface area contributed by atoms with Crippen LogP contribution in [0.15, 0.2) is 60.9 Å². The fourth-order valence-electron chi connectivity index (χ4n) is 2.44. The monoisotopic (exact) mass is 336 g/mol. The van der Waals surface area contributed by atoms with Crippen LogP contribution >= 0.6 is 0 Å². The second-order valence-corrected chi connectivity index (χ2v) is 5.62. The highest BCUT2D eigenvalue weighted by atomic mass is 16.6. The quantitative estimate of drug-likeness (QED) is 0.571. The van der Waals surface area contributed by atoms with Gasteiger partial charge in [0.2, 0.25) is 0 Å². The van der Waals surface area contributed by atoms with Crippen LogP contribution in [0, 0.1) is 17.0 Å². The molecular weight excluding hydrogens is 320 g/mol. The Balaban J connectivity index is 1.71. The van der Waals surface area contributed by atoms with Gasteiger partial charge < -0.3 is 5.32 Å². The van der Waals surface area contributed by atoms with E-state index in [1.165, 1.54) is 6.07 Å². The molecule has 7 heteroatoms. The number of rotatable bonds is 5. The van der Waals surface area contributed by atoms with Crippen LogP contribution in [0.2, 0.25) is 0 Å². The highest BCUT2D eigenvalue weighted by Gasteiger charge is 2.15. The van der Waals surface area contributed by atoms with Gasteiger partial charge in [0.15, 0.2) is 0 Å². The van der Waals surface area contributed by atoms with E-state index in [-0.39, 0.29) is 11.3 Å². The number of hydrogen-bond acceptors (Lipinski definition) is 4. The van der Waals surface area contributed by atoms with Gasteiger partial charge in [-0.3, -0.25) is 19.6 Å². The molecule has 0 bridgehead atoms. The van der Waals surface area contributed by atoms with E-state index in [1.807, 2.05) is 30.3 Å². The van der Waals surface area contributed by atoms with Crippen LogP contribution in [0.4, 0.5) is 11.4 Å². The van der Waals surface area contributed by atoms with Gasteiger partial charge in [-0.05, 0) is 18.6 Å². The van der Waals surface area contributed by atoms with E-state index in [2.05, 4.69) is 10.4 Å². The van der Waals surface area contributed by atoms with Gasteiger partial charge in [0, 0.05) is 23.4 Å². The number of carbonyl (C=O) groups is 1. The van der Waals surface area contributed by atoms with Crippen LogP contribution in [-0.4, -0.2) is 20.6 Å². The second-order valence-electron chi connectivity index (χ2n) is 5.62. The minimum absolute atomic E-state index is 0.0765. The summed E-state index contributed by atoms with van der Waals surface area (Å²) in [5, 5.41) is 17.9. The third-order valence-electron chi connectivity index (χ3n) is 3.75. The molecule has 0 saturated heterocycles. The van der Waals surface area contributed by atoms with Crippen molar-refractivity contribution in [3.05, 3.63) is 87.7 Å². The van der Waals surface area contributed by atoms with Gasteiger partial charge in [0.05, 0.1) is 23.4 Å². The van der Waals surface area contributed by atoms with Crippen molar-refractivity contribution in [1.29, 1.82) is 0 Å². The van der Waals surface area contributed by atoms with Crippen molar-refractivity contribution in [1.82, 2.24) is 9.78 Å². The number of benzene rings is 2. The lowest BCUT2D eigenvalue weighted by Crippen LogP contribution is -2.12. The molecular formula is C18H16N4O3. The van der Waals surface area contributed by atoms with Crippen molar-refractivity contribution in [2.75, 3.05) is 5.32 Å². The summed E-state index contributed by atoms with van der Waals surface area (Å²) in [7, 11) is 0. The molecule has 25 heavy (non-hydrogen) atoms. The van der Waals surface area contributed by atoms with Gasteiger partial charge >= 0.3 is 0 Å². The zero-order chi connectivity index (χ0) is 17.8. The molecule has 0 aliphatic carbocycles. The first kappa shape index (κ1) is 16.4. The first-order valence-electron chi connectivity index (χ1n) is 7.66. The van der Waals surface area contributed by atoms with Gasteiger partial charge in [-0.2, -0.15) is 5.10 Å². The predicted octanol–water partition coefficient (Wildman–Crippen LogP) is 3.40. The van der Waals surface area contributed by atoms with Gasteiger partial charge in [-0.1, -0.05) is 36.4 Å². The van der Waals surface area contributed by atoms with Crippen LogP contribution in [0.25, 0.3) is 0 Å². The molecule has 3 aromatic rings. The molecule has 7 nitrogen and oxygen atoms in total. The van der Waals surface area contributed by atoms with Crippen molar-refractivity contribution < 1.29 is 9.72 Å². The highest BCUT2D eigenvalue weighted by Crippen LogP contribution is 2.20. The Morgan fingerprint density at radius 2 is 2.00 bits per heavy atom. The molecule has 0 aliphatic rings. The highest BCUT2D eigenvalue weighted by molar-refractivity contribution is 6.04. The Hall–Kier alpha value is -3.48. The number of nitro groups is 1. The zero-order valence-electron chi connectivity index (χ0n) is 13.5. The summed E-state index contributed by atoms with van der Waals surface area (Å²) in [5.74, 6) is -0.414. The predicted molar refractivity (Wildman–Crippen MR) is 93.6 cm³/mol. The molecule has 0 fully saturated rings. The molecule has 0 unspecified atom stereocenters. The fourth-order valence-corrected chi connectivity index (χ4v) is 2.44. The maximum atomic E-state index is 12.3. The van der Waals surface area contributed by atoms with Gasteiger partial charge in [-0.15, -0.1) is 0 Å². The number of nitrogens with one attached hydrogen (secondary N) is 1. The molecule has 0 radical (unpaired) electrons. The van der Waals surface area contributed by atoms with Crippen LogP contribution in [0.3, 0.4) is 0 Å². The SMILES string of the molecule is Cc1ccc(C(=O)Nc2cnn(Cc3ccccc3)c2)cc1[N+](=O)[O-]. The van der Waals surface area contributed by atoms with E-state index in [9.17, 15) is 14.9 Å². The zero-order valence-corrected chi connectivity index (χ0v) is 13.5. The van der Waals surface area contributed by atoms with Crippen molar-refractivity contribution in [2.24, 2.45) is 0 Å². The third kappa shape index (κ3) is 3.89. The Morgan fingerprint density at radius 1 is 1.24 bits per heavy atom. The summed E-state index contributed by atoms with van der Waals surface area (Å²) < 4.78 is 1.71. The van der Waals surface area contributed by atoms with Crippen LogP contribution in [-0.2, 0) is 6.54 Å². The van der Waals surface area contributed by atoms with Crippen LogP contribution in [0.1, 0.15) is 21.5 Å². The first-order chi connectivity index (χ1) is 12.0. The second kappa shape index (κ2) is 6.96. The van der Waals surface area contributed by atoms with Gasteiger partial charge in [0.25, 0.3) is 11.6 Å². The van der Waals surface area contributed by atoms with E-state index < -0.39 is 10.8 Å². The molecule has 1 aromatic heterocycles. The van der Waals surface area contributed by atoms with Crippen molar-refractivity contribution in [2.45, 2.75) is 13.5 Å². The normalized spacial score (nSPS) is 10.4. The smallest absolute Gasteiger partial charge is 0.273 e. The number of nitro benzene ring substituents is 1. The molecule has 0 aliphatic heterocycles. The Kier molecular flexibility index (Phi) is 4.56. The number of carbonyl (C=O) groups excluding carboxylic acids is 1. The number of hydrogen-bond donors (Lipinski definition) is 1. The number of anilines is 1. The van der Waals surface area contributed by atoms with Gasteiger partial charge in [0.1, 0.15) is 0 Å². The molecule has 126 valence electrons. The van der Waals surface area contributed by atoms with Crippen LogP contribution in [0.5, 0.6) is 0 Å². The Morgan fingerprint density at radius 3 is 2.72 bits per heavy atom. The van der Waals surface area contributed by atoms with E-state index in [4.69, 9.17) is 0 Å². The van der Waals surface area contributed by atoms with Gasteiger partial charge in [-0.25, -0.2) is 0 Å². The summed E-state index contributed by atoms with van der Waals surface area (Å²) >= 11 is 0. The molecule has 1 N–H and O–H groups in total. The van der Waals surface area contributed by atoms with Crippen molar-refractivity contribution >= 4 is 17.3 Å². The summed E-state index contributed by atoms with van der Waals surface area (Å²) in [6.45, 7) is 2.22. The summed E-state index contributed by atoms with van der Waals surface area (Å²) in [6, 6.07) is 14.2. The summed E-state index contributed by atoms with van der Waals surface area (Å²) in [5.41, 5.74) is 2.29. The molecule has 0 saturated carbocycles. The molecule has 3 rings (SSSR count). The number of nitrogens with zero attached hydrogens (tertiary/aromatic N) is 3. The molecule has 0 atom stereocenters. The topological polar surface area (TPSA) is 90.1 Å². The van der Waals surface area contributed by atoms with E-state index in [0.717, 1.165) is 5.56 Å². The first-order valence-corrected chi connectivity index (χ1v) is 7.66. The number of aryl methyl sites for hydroxylation is 1. The fraction of sp³-hybridized carbons (Fsp3) is 0.111. The lowest BCUT2D eigenvalue weighted by atomic mass is 10.1. The average molecular weight is 336 g/mol. The number of amides is 1. The van der Waals surface area contributed by atoms with Crippen LogP contribution < -0.4 is 5.32 Å². The van der Waals surface area contributed by atoms with E-state index in [0.29, 0.717) is 17.8 Å². The maximum absolute atomic E-state index is 12.3. The number of aromatic nitrogens is 2.